The molecule has 1 aliphatic heterocycles. The van der Waals surface area contributed by atoms with Crippen molar-refractivity contribution in [2.75, 3.05) is 6.54 Å². The molecule has 1 amide bonds. The number of aromatic nitrogens is 1. The normalized spacial score (nSPS) is 21.6. The standard InChI is InChI=1S/C11H14N2O/c1-9-4-6-13(11(9)14)8-10-3-2-5-12-7-10/h2-3,5,7,9H,4,6,8H2,1H3. The second-order valence-electron chi connectivity index (χ2n) is 3.81. The molecule has 1 aromatic rings. The second kappa shape index (κ2) is 3.78. The molecule has 1 saturated heterocycles. The lowest BCUT2D eigenvalue weighted by molar-refractivity contribution is -0.131. The van der Waals surface area contributed by atoms with Gasteiger partial charge in [-0.3, -0.25) is 9.78 Å². The Morgan fingerprint density at radius 1 is 1.64 bits per heavy atom. The molecule has 1 unspecified atom stereocenters. The van der Waals surface area contributed by atoms with Gasteiger partial charge in [-0.1, -0.05) is 13.0 Å². The van der Waals surface area contributed by atoms with Crippen molar-refractivity contribution in [3.63, 3.8) is 0 Å². The van der Waals surface area contributed by atoms with Crippen LogP contribution in [0.1, 0.15) is 18.9 Å². The van der Waals surface area contributed by atoms with Crippen molar-refractivity contribution < 1.29 is 4.79 Å². The summed E-state index contributed by atoms with van der Waals surface area (Å²) in [5.74, 6) is 0.473. The molecule has 2 heterocycles. The summed E-state index contributed by atoms with van der Waals surface area (Å²) in [6, 6.07) is 3.91. The average Bonchev–Trinajstić information content (AvgIpc) is 2.52. The van der Waals surface area contributed by atoms with Crippen molar-refractivity contribution in [3.05, 3.63) is 30.1 Å². The molecule has 0 aromatic carbocycles. The van der Waals surface area contributed by atoms with E-state index in [1.165, 1.54) is 0 Å². The van der Waals surface area contributed by atoms with Gasteiger partial charge in [0.05, 0.1) is 0 Å². The molecule has 3 heteroatoms. The molecular weight excluding hydrogens is 176 g/mol. The van der Waals surface area contributed by atoms with Crippen molar-refractivity contribution in [2.45, 2.75) is 19.9 Å². The minimum absolute atomic E-state index is 0.201. The van der Waals surface area contributed by atoms with Gasteiger partial charge < -0.3 is 4.90 Å². The van der Waals surface area contributed by atoms with Gasteiger partial charge in [0.15, 0.2) is 0 Å². The van der Waals surface area contributed by atoms with Crippen LogP contribution in [0.5, 0.6) is 0 Å². The number of nitrogens with zero attached hydrogens (tertiary/aromatic N) is 2. The Kier molecular flexibility index (Phi) is 2.48. The van der Waals surface area contributed by atoms with Gasteiger partial charge in [0.25, 0.3) is 0 Å². The summed E-state index contributed by atoms with van der Waals surface area (Å²) in [5, 5.41) is 0. The minimum atomic E-state index is 0.201. The van der Waals surface area contributed by atoms with Crippen molar-refractivity contribution in [1.82, 2.24) is 9.88 Å². The van der Waals surface area contributed by atoms with Crippen LogP contribution in [0.25, 0.3) is 0 Å². The summed E-state index contributed by atoms with van der Waals surface area (Å²) < 4.78 is 0. The monoisotopic (exact) mass is 190 g/mol. The van der Waals surface area contributed by atoms with E-state index in [9.17, 15) is 4.79 Å². The van der Waals surface area contributed by atoms with E-state index >= 15 is 0 Å². The van der Waals surface area contributed by atoms with Gasteiger partial charge in [0.2, 0.25) is 5.91 Å². The molecule has 74 valence electrons. The Morgan fingerprint density at radius 3 is 3.07 bits per heavy atom. The van der Waals surface area contributed by atoms with Gasteiger partial charge in [0.1, 0.15) is 0 Å². The summed E-state index contributed by atoms with van der Waals surface area (Å²) in [4.78, 5) is 17.6. The maximum absolute atomic E-state index is 11.6. The highest BCUT2D eigenvalue weighted by Crippen LogP contribution is 2.18. The lowest BCUT2D eigenvalue weighted by Crippen LogP contribution is -2.26. The van der Waals surface area contributed by atoms with Gasteiger partial charge in [-0.25, -0.2) is 0 Å². The van der Waals surface area contributed by atoms with E-state index in [2.05, 4.69) is 4.98 Å². The van der Waals surface area contributed by atoms with Gasteiger partial charge in [-0.15, -0.1) is 0 Å². The third-order valence-corrected chi connectivity index (χ3v) is 2.66. The van der Waals surface area contributed by atoms with Crippen molar-refractivity contribution >= 4 is 5.91 Å². The predicted octanol–water partition coefficient (Wildman–Crippen LogP) is 1.45. The molecule has 2 rings (SSSR count). The largest absolute Gasteiger partial charge is 0.338 e. The van der Waals surface area contributed by atoms with Crippen LogP contribution in [0.2, 0.25) is 0 Å². The number of hydrogen-bond donors (Lipinski definition) is 0. The Labute approximate surface area is 83.8 Å². The van der Waals surface area contributed by atoms with Crippen LogP contribution in [-0.4, -0.2) is 22.3 Å². The minimum Gasteiger partial charge on any atom is -0.338 e. The van der Waals surface area contributed by atoms with Crippen molar-refractivity contribution in [1.29, 1.82) is 0 Å². The first-order chi connectivity index (χ1) is 6.77. The summed E-state index contributed by atoms with van der Waals surface area (Å²) >= 11 is 0. The zero-order chi connectivity index (χ0) is 9.97. The van der Waals surface area contributed by atoms with E-state index in [0.29, 0.717) is 6.54 Å². The predicted molar refractivity (Wildman–Crippen MR) is 53.4 cm³/mol. The molecule has 0 saturated carbocycles. The van der Waals surface area contributed by atoms with E-state index in [-0.39, 0.29) is 11.8 Å². The summed E-state index contributed by atoms with van der Waals surface area (Å²) in [6.45, 7) is 3.58. The molecule has 0 bridgehead atoms. The summed E-state index contributed by atoms with van der Waals surface area (Å²) in [6.07, 6.45) is 4.55. The zero-order valence-electron chi connectivity index (χ0n) is 8.31. The fourth-order valence-corrected chi connectivity index (χ4v) is 1.76. The Balaban J connectivity index is 2.02. The van der Waals surface area contributed by atoms with Crippen LogP contribution < -0.4 is 0 Å². The first-order valence-corrected chi connectivity index (χ1v) is 4.95. The van der Waals surface area contributed by atoms with Crippen LogP contribution in [0.4, 0.5) is 0 Å². The first kappa shape index (κ1) is 9.19. The molecule has 1 atom stereocenters. The Bertz CT molecular complexity index is 323. The lowest BCUT2D eigenvalue weighted by Gasteiger charge is -2.15. The van der Waals surface area contributed by atoms with Crippen LogP contribution in [-0.2, 0) is 11.3 Å². The highest BCUT2D eigenvalue weighted by atomic mass is 16.2. The van der Waals surface area contributed by atoms with E-state index < -0.39 is 0 Å². The Morgan fingerprint density at radius 2 is 2.50 bits per heavy atom. The number of hydrogen-bond acceptors (Lipinski definition) is 2. The van der Waals surface area contributed by atoms with E-state index in [1.54, 1.807) is 6.20 Å². The molecule has 1 aliphatic rings. The molecular formula is C11H14N2O. The number of likely N-dealkylation sites (tertiary alicyclic amines) is 1. The number of carbonyl (C=O) groups excluding carboxylic acids is 1. The molecule has 0 radical (unpaired) electrons. The van der Waals surface area contributed by atoms with Crippen LogP contribution in [0, 0.1) is 5.92 Å². The number of rotatable bonds is 2. The summed E-state index contributed by atoms with van der Waals surface area (Å²) in [5.41, 5.74) is 1.11. The average molecular weight is 190 g/mol. The number of carbonyl (C=O) groups is 1. The number of amides is 1. The van der Waals surface area contributed by atoms with Crippen molar-refractivity contribution in [3.8, 4) is 0 Å². The third-order valence-electron chi connectivity index (χ3n) is 2.66. The van der Waals surface area contributed by atoms with Crippen LogP contribution in [0.3, 0.4) is 0 Å². The van der Waals surface area contributed by atoms with Crippen LogP contribution >= 0.6 is 0 Å². The van der Waals surface area contributed by atoms with Gasteiger partial charge in [-0.05, 0) is 18.1 Å². The smallest absolute Gasteiger partial charge is 0.225 e. The molecule has 0 spiro atoms. The van der Waals surface area contributed by atoms with E-state index in [4.69, 9.17) is 0 Å². The van der Waals surface area contributed by atoms with Crippen molar-refractivity contribution in [2.24, 2.45) is 5.92 Å². The maximum atomic E-state index is 11.6. The Hall–Kier alpha value is -1.38. The van der Waals surface area contributed by atoms with Gasteiger partial charge >= 0.3 is 0 Å². The summed E-state index contributed by atoms with van der Waals surface area (Å²) in [7, 11) is 0. The van der Waals surface area contributed by atoms with Gasteiger partial charge in [-0.2, -0.15) is 0 Å². The number of pyridine rings is 1. The topological polar surface area (TPSA) is 33.2 Å². The van der Waals surface area contributed by atoms with E-state index in [0.717, 1.165) is 18.5 Å². The SMILES string of the molecule is CC1CCN(Cc2cccnc2)C1=O. The van der Waals surface area contributed by atoms with E-state index in [1.807, 2.05) is 30.2 Å². The maximum Gasteiger partial charge on any atom is 0.225 e. The molecule has 0 aliphatic carbocycles. The fourth-order valence-electron chi connectivity index (χ4n) is 1.76. The highest BCUT2D eigenvalue weighted by molar-refractivity contribution is 5.80. The molecule has 3 nitrogen and oxygen atoms in total. The molecule has 14 heavy (non-hydrogen) atoms. The fraction of sp³-hybridized carbons (Fsp3) is 0.455. The quantitative estimate of drug-likeness (QED) is 0.707. The second-order valence-corrected chi connectivity index (χ2v) is 3.81. The molecule has 0 N–H and O–H groups in total. The molecule has 1 fully saturated rings. The first-order valence-electron chi connectivity index (χ1n) is 4.95. The lowest BCUT2D eigenvalue weighted by atomic mass is 10.1. The zero-order valence-corrected chi connectivity index (χ0v) is 8.31. The highest BCUT2D eigenvalue weighted by Gasteiger charge is 2.27. The third kappa shape index (κ3) is 1.76. The van der Waals surface area contributed by atoms with Crippen LogP contribution in [0.15, 0.2) is 24.5 Å². The molecule has 1 aromatic heterocycles. The van der Waals surface area contributed by atoms with Gasteiger partial charge in [0, 0.05) is 31.4 Å².